The second kappa shape index (κ2) is 6.95. The number of nitrogens with two attached hydrogens (primary N) is 1. The standard InChI is InChI=1S/C11H21N5O2/c1-9(2)6-15(4-5-18-3)10(17)7-16-8-13-11(12)14-16/h8-9H,4-7H2,1-3H3,(H2,12,14). The quantitative estimate of drug-likeness (QED) is 0.740. The van der Waals surface area contributed by atoms with Crippen LogP contribution in [0.2, 0.25) is 0 Å². The highest BCUT2D eigenvalue weighted by Gasteiger charge is 2.15. The van der Waals surface area contributed by atoms with Crippen molar-refractivity contribution in [1.82, 2.24) is 19.7 Å². The van der Waals surface area contributed by atoms with Crippen molar-refractivity contribution in [3.8, 4) is 0 Å². The van der Waals surface area contributed by atoms with E-state index in [1.807, 2.05) is 0 Å². The summed E-state index contributed by atoms with van der Waals surface area (Å²) >= 11 is 0. The van der Waals surface area contributed by atoms with Crippen LogP contribution in [-0.2, 0) is 16.1 Å². The van der Waals surface area contributed by atoms with Crippen molar-refractivity contribution < 1.29 is 9.53 Å². The lowest BCUT2D eigenvalue weighted by molar-refractivity contribution is -0.133. The monoisotopic (exact) mass is 255 g/mol. The zero-order valence-corrected chi connectivity index (χ0v) is 11.2. The summed E-state index contributed by atoms with van der Waals surface area (Å²) in [6, 6.07) is 0. The molecule has 0 saturated carbocycles. The van der Waals surface area contributed by atoms with Crippen LogP contribution in [-0.4, -0.2) is 52.4 Å². The summed E-state index contributed by atoms with van der Waals surface area (Å²) < 4.78 is 6.45. The maximum Gasteiger partial charge on any atom is 0.244 e. The molecule has 7 nitrogen and oxygen atoms in total. The number of rotatable bonds is 7. The van der Waals surface area contributed by atoms with Crippen LogP contribution in [0.5, 0.6) is 0 Å². The van der Waals surface area contributed by atoms with Crippen LogP contribution in [0.25, 0.3) is 0 Å². The second-order valence-corrected chi connectivity index (χ2v) is 4.53. The minimum Gasteiger partial charge on any atom is -0.383 e. The first kappa shape index (κ1) is 14.4. The molecule has 18 heavy (non-hydrogen) atoms. The van der Waals surface area contributed by atoms with E-state index in [0.29, 0.717) is 25.6 Å². The molecule has 0 aliphatic rings. The molecule has 0 aliphatic carbocycles. The molecule has 0 spiro atoms. The molecular weight excluding hydrogens is 234 g/mol. The van der Waals surface area contributed by atoms with Gasteiger partial charge in [-0.3, -0.25) is 4.79 Å². The Morgan fingerprint density at radius 2 is 2.33 bits per heavy atom. The third-order valence-corrected chi connectivity index (χ3v) is 2.36. The summed E-state index contributed by atoms with van der Waals surface area (Å²) in [7, 11) is 1.62. The number of nitrogens with zero attached hydrogens (tertiary/aromatic N) is 4. The van der Waals surface area contributed by atoms with Crippen LogP contribution in [0, 0.1) is 5.92 Å². The van der Waals surface area contributed by atoms with E-state index in [0.717, 1.165) is 0 Å². The molecule has 0 aliphatic heterocycles. The Labute approximate surface area is 107 Å². The Balaban J connectivity index is 2.57. The maximum atomic E-state index is 12.1. The van der Waals surface area contributed by atoms with Gasteiger partial charge in [0.05, 0.1) is 6.61 Å². The largest absolute Gasteiger partial charge is 0.383 e. The fourth-order valence-electron chi connectivity index (χ4n) is 1.58. The van der Waals surface area contributed by atoms with Gasteiger partial charge in [0.25, 0.3) is 0 Å². The Morgan fingerprint density at radius 1 is 1.61 bits per heavy atom. The number of carbonyl (C=O) groups is 1. The minimum atomic E-state index is -0.00866. The van der Waals surface area contributed by atoms with Gasteiger partial charge in [0, 0.05) is 20.2 Å². The van der Waals surface area contributed by atoms with Crippen molar-refractivity contribution in [2.24, 2.45) is 5.92 Å². The number of amides is 1. The third-order valence-electron chi connectivity index (χ3n) is 2.36. The van der Waals surface area contributed by atoms with Crippen molar-refractivity contribution in [2.75, 3.05) is 32.5 Å². The fourth-order valence-corrected chi connectivity index (χ4v) is 1.58. The zero-order chi connectivity index (χ0) is 13.5. The normalized spacial score (nSPS) is 10.9. The van der Waals surface area contributed by atoms with E-state index in [9.17, 15) is 4.79 Å². The number of nitrogen functional groups attached to an aromatic ring is 1. The first-order valence-corrected chi connectivity index (χ1v) is 5.94. The lowest BCUT2D eigenvalue weighted by Crippen LogP contribution is -2.38. The molecule has 0 fully saturated rings. The third kappa shape index (κ3) is 4.70. The van der Waals surface area contributed by atoms with Crippen LogP contribution >= 0.6 is 0 Å². The van der Waals surface area contributed by atoms with E-state index in [4.69, 9.17) is 10.5 Å². The zero-order valence-electron chi connectivity index (χ0n) is 11.2. The van der Waals surface area contributed by atoms with Crippen LogP contribution in [0.3, 0.4) is 0 Å². The highest BCUT2D eigenvalue weighted by molar-refractivity contribution is 5.75. The highest BCUT2D eigenvalue weighted by atomic mass is 16.5. The molecule has 1 amide bonds. The molecule has 0 unspecified atom stereocenters. The van der Waals surface area contributed by atoms with Gasteiger partial charge < -0.3 is 15.4 Å². The van der Waals surface area contributed by atoms with Gasteiger partial charge in [-0.15, -0.1) is 5.10 Å². The van der Waals surface area contributed by atoms with Crippen LogP contribution in [0.15, 0.2) is 6.33 Å². The number of hydrogen-bond donors (Lipinski definition) is 1. The molecule has 1 aromatic heterocycles. The van der Waals surface area contributed by atoms with Crippen molar-refractivity contribution in [3.63, 3.8) is 0 Å². The molecule has 2 N–H and O–H groups in total. The van der Waals surface area contributed by atoms with E-state index in [1.54, 1.807) is 12.0 Å². The maximum absolute atomic E-state index is 12.1. The fraction of sp³-hybridized carbons (Fsp3) is 0.727. The predicted molar refractivity (Wildman–Crippen MR) is 67.7 cm³/mol. The number of carbonyl (C=O) groups excluding carboxylic acids is 1. The molecule has 0 atom stereocenters. The minimum absolute atomic E-state index is 0.00866. The van der Waals surface area contributed by atoms with Gasteiger partial charge in [-0.1, -0.05) is 13.8 Å². The van der Waals surface area contributed by atoms with Gasteiger partial charge in [-0.05, 0) is 5.92 Å². The van der Waals surface area contributed by atoms with Crippen molar-refractivity contribution in [3.05, 3.63) is 6.33 Å². The summed E-state index contributed by atoms with van der Waals surface area (Å²) in [4.78, 5) is 17.7. The molecule has 0 bridgehead atoms. The average molecular weight is 255 g/mol. The number of hydrogen-bond acceptors (Lipinski definition) is 5. The van der Waals surface area contributed by atoms with Gasteiger partial charge in [0.2, 0.25) is 11.9 Å². The number of anilines is 1. The van der Waals surface area contributed by atoms with Crippen molar-refractivity contribution in [1.29, 1.82) is 0 Å². The Hall–Kier alpha value is -1.63. The van der Waals surface area contributed by atoms with Gasteiger partial charge in [0.15, 0.2) is 0 Å². The van der Waals surface area contributed by atoms with E-state index >= 15 is 0 Å². The number of methoxy groups -OCH3 is 1. The van der Waals surface area contributed by atoms with E-state index in [-0.39, 0.29) is 18.4 Å². The Kier molecular flexibility index (Phi) is 5.57. The summed E-state index contributed by atoms with van der Waals surface area (Å²) in [5.41, 5.74) is 5.40. The molecule has 0 saturated heterocycles. The first-order chi connectivity index (χ1) is 8.52. The van der Waals surface area contributed by atoms with Crippen LogP contribution < -0.4 is 5.73 Å². The molecular formula is C11H21N5O2. The SMILES string of the molecule is COCCN(CC(C)C)C(=O)Cn1cnc(N)n1. The van der Waals surface area contributed by atoms with Gasteiger partial charge in [-0.2, -0.15) is 0 Å². The number of ether oxygens (including phenoxy) is 1. The molecule has 1 heterocycles. The van der Waals surface area contributed by atoms with Crippen molar-refractivity contribution in [2.45, 2.75) is 20.4 Å². The van der Waals surface area contributed by atoms with Gasteiger partial charge in [-0.25, -0.2) is 9.67 Å². The molecule has 7 heteroatoms. The second-order valence-electron chi connectivity index (χ2n) is 4.53. The van der Waals surface area contributed by atoms with E-state index < -0.39 is 0 Å². The summed E-state index contributed by atoms with van der Waals surface area (Å²) in [6.07, 6.45) is 1.46. The molecule has 1 aromatic rings. The van der Waals surface area contributed by atoms with Crippen LogP contribution in [0.1, 0.15) is 13.8 Å². The van der Waals surface area contributed by atoms with E-state index in [2.05, 4.69) is 23.9 Å². The number of aromatic nitrogens is 3. The lowest BCUT2D eigenvalue weighted by atomic mass is 10.2. The van der Waals surface area contributed by atoms with Gasteiger partial charge >= 0.3 is 0 Å². The van der Waals surface area contributed by atoms with Gasteiger partial charge in [0.1, 0.15) is 12.9 Å². The predicted octanol–water partition coefficient (Wildman–Crippen LogP) is -0.00870. The first-order valence-electron chi connectivity index (χ1n) is 5.94. The summed E-state index contributed by atoms with van der Waals surface area (Å²) in [6.45, 7) is 6.10. The van der Waals surface area contributed by atoms with Crippen LogP contribution in [0.4, 0.5) is 5.95 Å². The smallest absolute Gasteiger partial charge is 0.244 e. The van der Waals surface area contributed by atoms with Crippen molar-refractivity contribution >= 4 is 11.9 Å². The molecule has 102 valence electrons. The molecule has 1 rings (SSSR count). The molecule has 0 aromatic carbocycles. The Bertz CT molecular complexity index is 377. The average Bonchev–Trinajstić information content (AvgIpc) is 2.69. The lowest BCUT2D eigenvalue weighted by Gasteiger charge is -2.24. The molecule has 0 radical (unpaired) electrons. The highest BCUT2D eigenvalue weighted by Crippen LogP contribution is 2.01. The Morgan fingerprint density at radius 3 is 2.83 bits per heavy atom. The summed E-state index contributed by atoms with van der Waals surface area (Å²) in [5.74, 6) is 0.576. The van der Waals surface area contributed by atoms with E-state index in [1.165, 1.54) is 11.0 Å². The topological polar surface area (TPSA) is 86.3 Å². The summed E-state index contributed by atoms with van der Waals surface area (Å²) in [5, 5.41) is 3.90.